The summed E-state index contributed by atoms with van der Waals surface area (Å²) in [6.45, 7) is 4.10. The van der Waals surface area contributed by atoms with E-state index in [1.54, 1.807) is 6.20 Å². The number of rotatable bonds is 5. The van der Waals surface area contributed by atoms with E-state index in [-0.39, 0.29) is 6.10 Å². The van der Waals surface area contributed by atoms with Gasteiger partial charge in [0.2, 0.25) is 0 Å². The highest BCUT2D eigenvalue weighted by Crippen LogP contribution is 2.16. The predicted molar refractivity (Wildman–Crippen MR) is 75.0 cm³/mol. The van der Waals surface area contributed by atoms with E-state index in [4.69, 9.17) is 0 Å². The normalized spacial score (nSPS) is 12.6. The van der Waals surface area contributed by atoms with Gasteiger partial charge in [0, 0.05) is 25.1 Å². The molecule has 0 aromatic carbocycles. The van der Waals surface area contributed by atoms with Gasteiger partial charge >= 0.3 is 0 Å². The Labute approximate surface area is 114 Å². The zero-order valence-corrected chi connectivity index (χ0v) is 11.8. The molecule has 0 spiro atoms. The first-order valence-electron chi connectivity index (χ1n) is 6.64. The van der Waals surface area contributed by atoms with Gasteiger partial charge < -0.3 is 5.11 Å². The van der Waals surface area contributed by atoms with E-state index >= 15 is 0 Å². The molecule has 0 aliphatic rings. The molecule has 0 amide bonds. The second-order valence-electron chi connectivity index (χ2n) is 5.03. The van der Waals surface area contributed by atoms with Gasteiger partial charge in [-0.3, -0.25) is 9.67 Å². The van der Waals surface area contributed by atoms with Crippen molar-refractivity contribution in [3.05, 3.63) is 47.0 Å². The van der Waals surface area contributed by atoms with Gasteiger partial charge in [-0.2, -0.15) is 5.10 Å². The Bertz CT molecular complexity index is 534. The fourth-order valence-electron chi connectivity index (χ4n) is 2.38. The molecule has 0 saturated heterocycles. The lowest BCUT2D eigenvalue weighted by Crippen LogP contribution is -2.12. The molecule has 1 N–H and O–H groups in total. The summed E-state index contributed by atoms with van der Waals surface area (Å²) in [6, 6.07) is 3.90. The van der Waals surface area contributed by atoms with Crippen molar-refractivity contribution in [2.24, 2.45) is 7.05 Å². The van der Waals surface area contributed by atoms with Crippen LogP contribution in [0.4, 0.5) is 0 Å². The van der Waals surface area contributed by atoms with Gasteiger partial charge in [-0.05, 0) is 50.3 Å². The number of aliphatic hydroxyl groups is 1. The van der Waals surface area contributed by atoms with Gasteiger partial charge in [0.25, 0.3) is 0 Å². The summed E-state index contributed by atoms with van der Waals surface area (Å²) in [5, 5.41) is 14.5. The maximum atomic E-state index is 10.1. The number of aryl methyl sites for hydroxylation is 2. The van der Waals surface area contributed by atoms with Gasteiger partial charge in [0.15, 0.2) is 0 Å². The largest absolute Gasteiger partial charge is 0.393 e. The zero-order valence-electron chi connectivity index (χ0n) is 11.8. The minimum atomic E-state index is -0.330. The third kappa shape index (κ3) is 3.41. The molecule has 0 saturated carbocycles. The minimum absolute atomic E-state index is 0.330. The standard InChI is InChI=1S/C15H21N3O/c1-11-15(12(2)18(3)17-11)7-6-14(19)9-13-5-4-8-16-10-13/h4-5,8,10,14,19H,6-7,9H2,1-3H3. The smallest absolute Gasteiger partial charge is 0.0628 e. The van der Waals surface area contributed by atoms with Crippen LogP contribution in [-0.2, 0) is 19.9 Å². The maximum absolute atomic E-state index is 10.1. The maximum Gasteiger partial charge on any atom is 0.0628 e. The van der Waals surface area contributed by atoms with Crippen molar-refractivity contribution in [3.63, 3.8) is 0 Å². The van der Waals surface area contributed by atoms with E-state index in [9.17, 15) is 5.11 Å². The summed E-state index contributed by atoms with van der Waals surface area (Å²) in [4.78, 5) is 4.06. The van der Waals surface area contributed by atoms with Crippen LogP contribution in [0, 0.1) is 13.8 Å². The molecule has 0 aliphatic carbocycles. The topological polar surface area (TPSA) is 50.9 Å². The molecule has 2 heterocycles. The van der Waals surface area contributed by atoms with Crippen molar-refractivity contribution >= 4 is 0 Å². The summed E-state index contributed by atoms with van der Waals surface area (Å²) in [7, 11) is 1.96. The molecule has 0 aliphatic heterocycles. The highest BCUT2D eigenvalue weighted by atomic mass is 16.3. The van der Waals surface area contributed by atoms with Crippen molar-refractivity contribution in [3.8, 4) is 0 Å². The van der Waals surface area contributed by atoms with Crippen molar-refractivity contribution in [2.75, 3.05) is 0 Å². The van der Waals surface area contributed by atoms with Crippen molar-refractivity contribution in [1.82, 2.24) is 14.8 Å². The lowest BCUT2D eigenvalue weighted by atomic mass is 10.0. The monoisotopic (exact) mass is 259 g/mol. The molecular weight excluding hydrogens is 238 g/mol. The third-order valence-electron chi connectivity index (χ3n) is 3.58. The van der Waals surface area contributed by atoms with Crippen molar-refractivity contribution in [2.45, 2.75) is 39.2 Å². The van der Waals surface area contributed by atoms with E-state index in [1.165, 1.54) is 11.3 Å². The van der Waals surface area contributed by atoms with Gasteiger partial charge in [-0.25, -0.2) is 0 Å². The Morgan fingerprint density at radius 1 is 1.37 bits per heavy atom. The molecule has 2 aromatic rings. The lowest BCUT2D eigenvalue weighted by molar-refractivity contribution is 0.165. The predicted octanol–water partition coefficient (Wildman–Crippen LogP) is 1.97. The number of aliphatic hydroxyl groups excluding tert-OH is 1. The molecule has 2 rings (SSSR count). The van der Waals surface area contributed by atoms with Crippen LogP contribution < -0.4 is 0 Å². The van der Waals surface area contributed by atoms with Crippen molar-refractivity contribution in [1.29, 1.82) is 0 Å². The number of pyridine rings is 1. The van der Waals surface area contributed by atoms with Crippen LogP contribution in [0.25, 0.3) is 0 Å². The van der Waals surface area contributed by atoms with Crippen LogP contribution >= 0.6 is 0 Å². The molecule has 0 radical (unpaired) electrons. The van der Waals surface area contributed by atoms with Gasteiger partial charge in [-0.15, -0.1) is 0 Å². The second kappa shape index (κ2) is 5.97. The first kappa shape index (κ1) is 13.7. The Hall–Kier alpha value is -1.68. The van der Waals surface area contributed by atoms with E-state index in [1.807, 2.05) is 37.0 Å². The second-order valence-corrected chi connectivity index (χ2v) is 5.03. The van der Waals surface area contributed by atoms with Crippen LogP contribution in [-0.4, -0.2) is 26.0 Å². The molecule has 0 bridgehead atoms. The van der Waals surface area contributed by atoms with Crippen LogP contribution in [0.3, 0.4) is 0 Å². The van der Waals surface area contributed by atoms with Gasteiger partial charge in [-0.1, -0.05) is 6.07 Å². The Kier molecular flexibility index (Phi) is 4.32. The summed E-state index contributed by atoms with van der Waals surface area (Å²) >= 11 is 0. The molecular formula is C15H21N3O. The molecule has 4 heteroatoms. The fourth-order valence-corrected chi connectivity index (χ4v) is 2.38. The molecule has 2 aromatic heterocycles. The summed E-state index contributed by atoms with van der Waals surface area (Å²) in [5.74, 6) is 0. The number of nitrogens with zero attached hydrogens (tertiary/aromatic N) is 3. The first-order chi connectivity index (χ1) is 9.08. The fraction of sp³-hybridized carbons (Fsp3) is 0.467. The zero-order chi connectivity index (χ0) is 13.8. The van der Waals surface area contributed by atoms with Crippen LogP contribution in [0.15, 0.2) is 24.5 Å². The summed E-state index contributed by atoms with van der Waals surface area (Å²) in [5.41, 5.74) is 4.59. The molecule has 1 unspecified atom stereocenters. The molecule has 4 nitrogen and oxygen atoms in total. The highest BCUT2D eigenvalue weighted by molar-refractivity contribution is 5.24. The van der Waals surface area contributed by atoms with E-state index in [0.29, 0.717) is 6.42 Å². The van der Waals surface area contributed by atoms with Gasteiger partial charge in [0.1, 0.15) is 0 Å². The number of hydrogen-bond acceptors (Lipinski definition) is 3. The third-order valence-corrected chi connectivity index (χ3v) is 3.58. The summed E-state index contributed by atoms with van der Waals surface area (Å²) < 4.78 is 1.90. The van der Waals surface area contributed by atoms with E-state index in [2.05, 4.69) is 17.0 Å². The SMILES string of the molecule is Cc1nn(C)c(C)c1CCC(O)Cc1cccnc1. The first-order valence-corrected chi connectivity index (χ1v) is 6.64. The summed E-state index contributed by atoms with van der Waals surface area (Å²) in [6.07, 6.45) is 5.51. The van der Waals surface area contributed by atoms with E-state index < -0.39 is 0 Å². The van der Waals surface area contributed by atoms with Crippen molar-refractivity contribution < 1.29 is 5.11 Å². The van der Waals surface area contributed by atoms with Crippen LogP contribution in [0.5, 0.6) is 0 Å². The quantitative estimate of drug-likeness (QED) is 0.893. The molecule has 102 valence electrons. The average Bonchev–Trinajstić information content (AvgIpc) is 2.62. The number of hydrogen-bond donors (Lipinski definition) is 1. The lowest BCUT2D eigenvalue weighted by Gasteiger charge is -2.10. The van der Waals surface area contributed by atoms with E-state index in [0.717, 1.165) is 24.1 Å². The molecule has 19 heavy (non-hydrogen) atoms. The Morgan fingerprint density at radius 2 is 2.16 bits per heavy atom. The number of aromatic nitrogens is 3. The highest BCUT2D eigenvalue weighted by Gasteiger charge is 2.12. The van der Waals surface area contributed by atoms with Crippen LogP contribution in [0.2, 0.25) is 0 Å². The minimum Gasteiger partial charge on any atom is -0.393 e. The molecule has 1 atom stereocenters. The molecule has 0 fully saturated rings. The Morgan fingerprint density at radius 3 is 2.74 bits per heavy atom. The average molecular weight is 259 g/mol. The van der Waals surface area contributed by atoms with Gasteiger partial charge in [0.05, 0.1) is 11.8 Å². The van der Waals surface area contributed by atoms with Crippen LogP contribution in [0.1, 0.15) is 28.9 Å². The Balaban J connectivity index is 1.92.